The maximum absolute atomic E-state index is 13.6. The van der Waals surface area contributed by atoms with E-state index in [1.54, 1.807) is 12.1 Å². The molecule has 3 nitrogen and oxygen atoms in total. The first-order valence-electron chi connectivity index (χ1n) is 5.99. The third-order valence-electron chi connectivity index (χ3n) is 3.33. The summed E-state index contributed by atoms with van der Waals surface area (Å²) in [6.45, 7) is 3.92. The fourth-order valence-electron chi connectivity index (χ4n) is 2.33. The minimum absolute atomic E-state index is 0.202. The minimum Gasteiger partial charge on any atom is -0.324 e. The Balaban J connectivity index is 2.28. The standard InChI is InChI=1S/C14H18FN3/c1-9-14(10(2)18(3)17-9)13(16)8-11-6-4-5-7-12(11)15/h4-7,13H,8,16H2,1-3H3. The van der Waals surface area contributed by atoms with Gasteiger partial charge < -0.3 is 5.73 Å². The van der Waals surface area contributed by atoms with Crippen molar-refractivity contribution in [1.29, 1.82) is 0 Å². The number of nitrogens with two attached hydrogens (primary N) is 1. The molecule has 0 amide bonds. The highest BCUT2D eigenvalue weighted by Gasteiger charge is 2.18. The molecule has 4 heteroatoms. The summed E-state index contributed by atoms with van der Waals surface area (Å²) in [6.07, 6.45) is 0.486. The molecule has 0 spiro atoms. The van der Waals surface area contributed by atoms with Gasteiger partial charge in [-0.15, -0.1) is 0 Å². The van der Waals surface area contributed by atoms with E-state index in [9.17, 15) is 4.39 Å². The highest BCUT2D eigenvalue weighted by molar-refractivity contribution is 5.30. The molecule has 0 radical (unpaired) electrons. The summed E-state index contributed by atoms with van der Waals surface area (Å²) in [5.41, 5.74) is 9.81. The third kappa shape index (κ3) is 2.29. The van der Waals surface area contributed by atoms with Gasteiger partial charge in [-0.2, -0.15) is 5.10 Å². The average Bonchev–Trinajstić information content (AvgIpc) is 2.56. The number of rotatable bonds is 3. The van der Waals surface area contributed by atoms with Gasteiger partial charge in [0.15, 0.2) is 0 Å². The van der Waals surface area contributed by atoms with E-state index >= 15 is 0 Å². The molecule has 0 aliphatic heterocycles. The lowest BCUT2D eigenvalue weighted by atomic mass is 9.98. The van der Waals surface area contributed by atoms with Gasteiger partial charge in [0, 0.05) is 24.3 Å². The van der Waals surface area contributed by atoms with Crippen molar-refractivity contribution in [2.24, 2.45) is 12.8 Å². The van der Waals surface area contributed by atoms with Crippen molar-refractivity contribution in [3.05, 3.63) is 52.6 Å². The monoisotopic (exact) mass is 247 g/mol. The number of hydrogen-bond acceptors (Lipinski definition) is 2. The number of halogens is 1. The predicted molar refractivity (Wildman–Crippen MR) is 69.7 cm³/mol. The van der Waals surface area contributed by atoms with Crippen LogP contribution in [0.25, 0.3) is 0 Å². The van der Waals surface area contributed by atoms with Crippen LogP contribution >= 0.6 is 0 Å². The second-order valence-corrected chi connectivity index (χ2v) is 4.61. The van der Waals surface area contributed by atoms with Crippen molar-refractivity contribution >= 4 is 0 Å². The molecular formula is C14H18FN3. The Bertz CT molecular complexity index is 560. The summed E-state index contributed by atoms with van der Waals surface area (Å²) in [5, 5.41) is 4.34. The molecule has 2 rings (SSSR count). The molecule has 1 aromatic carbocycles. The zero-order valence-electron chi connectivity index (χ0n) is 10.9. The van der Waals surface area contributed by atoms with Crippen LogP contribution in [0.4, 0.5) is 4.39 Å². The van der Waals surface area contributed by atoms with Gasteiger partial charge in [0.2, 0.25) is 0 Å². The lowest BCUT2D eigenvalue weighted by Gasteiger charge is -2.13. The molecule has 0 aliphatic carbocycles. The average molecular weight is 247 g/mol. The number of aromatic nitrogens is 2. The first-order valence-corrected chi connectivity index (χ1v) is 5.99. The molecule has 1 heterocycles. The van der Waals surface area contributed by atoms with Gasteiger partial charge in [0.25, 0.3) is 0 Å². The Kier molecular flexibility index (Phi) is 3.48. The van der Waals surface area contributed by atoms with Gasteiger partial charge in [-0.3, -0.25) is 4.68 Å². The zero-order chi connectivity index (χ0) is 13.3. The van der Waals surface area contributed by atoms with Gasteiger partial charge in [-0.05, 0) is 31.9 Å². The maximum Gasteiger partial charge on any atom is 0.126 e. The van der Waals surface area contributed by atoms with E-state index in [0.717, 1.165) is 17.0 Å². The smallest absolute Gasteiger partial charge is 0.126 e. The summed E-state index contributed by atoms with van der Waals surface area (Å²) in [7, 11) is 1.89. The van der Waals surface area contributed by atoms with Crippen LogP contribution in [0.2, 0.25) is 0 Å². The van der Waals surface area contributed by atoms with E-state index in [2.05, 4.69) is 5.10 Å². The molecule has 18 heavy (non-hydrogen) atoms. The molecule has 96 valence electrons. The fraction of sp³-hybridized carbons (Fsp3) is 0.357. The normalized spacial score (nSPS) is 12.7. The first kappa shape index (κ1) is 12.8. The topological polar surface area (TPSA) is 43.8 Å². The molecule has 1 atom stereocenters. The number of aryl methyl sites for hydroxylation is 2. The van der Waals surface area contributed by atoms with Gasteiger partial charge in [-0.1, -0.05) is 18.2 Å². The van der Waals surface area contributed by atoms with E-state index < -0.39 is 0 Å². The molecule has 1 unspecified atom stereocenters. The largest absolute Gasteiger partial charge is 0.324 e. The minimum atomic E-state index is -0.226. The van der Waals surface area contributed by atoms with Crippen LogP contribution in [-0.2, 0) is 13.5 Å². The molecule has 0 saturated carbocycles. The van der Waals surface area contributed by atoms with Crippen molar-refractivity contribution in [3.8, 4) is 0 Å². The van der Waals surface area contributed by atoms with Crippen LogP contribution in [0, 0.1) is 19.7 Å². The van der Waals surface area contributed by atoms with Gasteiger partial charge in [0.1, 0.15) is 5.82 Å². The highest BCUT2D eigenvalue weighted by atomic mass is 19.1. The number of nitrogens with zero attached hydrogens (tertiary/aromatic N) is 2. The van der Waals surface area contributed by atoms with E-state index in [1.807, 2.05) is 31.6 Å². The van der Waals surface area contributed by atoms with Crippen molar-refractivity contribution in [2.45, 2.75) is 26.3 Å². The Labute approximate surface area is 106 Å². The summed E-state index contributed by atoms with van der Waals surface area (Å²) < 4.78 is 15.4. The Morgan fingerprint density at radius 2 is 2.00 bits per heavy atom. The van der Waals surface area contributed by atoms with Gasteiger partial charge in [0.05, 0.1) is 5.69 Å². The van der Waals surface area contributed by atoms with Crippen LogP contribution in [0.3, 0.4) is 0 Å². The van der Waals surface area contributed by atoms with E-state index in [4.69, 9.17) is 5.73 Å². The van der Waals surface area contributed by atoms with Crippen LogP contribution in [0.15, 0.2) is 24.3 Å². The quantitative estimate of drug-likeness (QED) is 0.905. The van der Waals surface area contributed by atoms with Crippen LogP contribution in [-0.4, -0.2) is 9.78 Å². The Hall–Kier alpha value is -1.68. The lowest BCUT2D eigenvalue weighted by molar-refractivity contribution is 0.592. The van der Waals surface area contributed by atoms with E-state index in [0.29, 0.717) is 12.0 Å². The third-order valence-corrected chi connectivity index (χ3v) is 3.33. The number of benzene rings is 1. The van der Waals surface area contributed by atoms with E-state index in [1.165, 1.54) is 6.07 Å². The molecule has 0 aliphatic rings. The molecule has 1 aromatic heterocycles. The molecule has 0 bridgehead atoms. The number of hydrogen-bond donors (Lipinski definition) is 1. The SMILES string of the molecule is Cc1nn(C)c(C)c1C(N)Cc1ccccc1F. The van der Waals surface area contributed by atoms with E-state index in [-0.39, 0.29) is 11.9 Å². The lowest BCUT2D eigenvalue weighted by Crippen LogP contribution is -2.16. The fourth-order valence-corrected chi connectivity index (χ4v) is 2.33. The van der Waals surface area contributed by atoms with Gasteiger partial charge >= 0.3 is 0 Å². The molecule has 2 N–H and O–H groups in total. The second kappa shape index (κ2) is 4.90. The zero-order valence-corrected chi connectivity index (χ0v) is 10.9. The highest BCUT2D eigenvalue weighted by Crippen LogP contribution is 2.23. The summed E-state index contributed by atoms with van der Waals surface area (Å²) >= 11 is 0. The first-order chi connectivity index (χ1) is 8.50. The van der Waals surface area contributed by atoms with Crippen molar-refractivity contribution in [3.63, 3.8) is 0 Å². The second-order valence-electron chi connectivity index (χ2n) is 4.61. The summed E-state index contributed by atoms with van der Waals surface area (Å²) in [5.74, 6) is -0.202. The van der Waals surface area contributed by atoms with Crippen molar-refractivity contribution in [2.75, 3.05) is 0 Å². The Morgan fingerprint density at radius 3 is 2.56 bits per heavy atom. The predicted octanol–water partition coefficient (Wildman–Crippen LogP) is 2.42. The van der Waals surface area contributed by atoms with Crippen LogP contribution < -0.4 is 5.73 Å². The maximum atomic E-state index is 13.6. The Morgan fingerprint density at radius 1 is 1.33 bits per heavy atom. The molecular weight excluding hydrogens is 229 g/mol. The molecule has 0 saturated heterocycles. The summed E-state index contributed by atoms with van der Waals surface area (Å²) in [6, 6.07) is 6.52. The van der Waals surface area contributed by atoms with Crippen LogP contribution in [0.5, 0.6) is 0 Å². The molecule has 0 fully saturated rings. The van der Waals surface area contributed by atoms with Crippen LogP contribution in [0.1, 0.15) is 28.6 Å². The summed E-state index contributed by atoms with van der Waals surface area (Å²) in [4.78, 5) is 0. The molecule has 2 aromatic rings. The van der Waals surface area contributed by atoms with Crippen molar-refractivity contribution in [1.82, 2.24) is 9.78 Å². The van der Waals surface area contributed by atoms with Crippen molar-refractivity contribution < 1.29 is 4.39 Å². The van der Waals surface area contributed by atoms with Gasteiger partial charge in [-0.25, -0.2) is 4.39 Å².